The average Bonchev–Trinajstić information content (AvgIpc) is 3.16. The minimum Gasteiger partial charge on any atom is -0.483 e. The summed E-state index contributed by atoms with van der Waals surface area (Å²) in [5.74, 6) is 1.60. The summed E-state index contributed by atoms with van der Waals surface area (Å²) in [5, 5.41) is 12.8. The maximum Gasteiger partial charge on any atom is 0.230 e. The van der Waals surface area contributed by atoms with E-state index < -0.39 is 0 Å². The quantitative estimate of drug-likeness (QED) is 0.344. The molecule has 8 heteroatoms. The topological polar surface area (TPSA) is 69.0 Å². The Morgan fingerprint density at radius 2 is 1.94 bits per heavy atom. The summed E-state index contributed by atoms with van der Waals surface area (Å²) in [6, 6.07) is 15.2. The Hall–Kier alpha value is -2.77. The summed E-state index contributed by atoms with van der Waals surface area (Å²) in [6.07, 6.45) is 1.47. The van der Waals surface area contributed by atoms with E-state index in [4.69, 9.17) is 16.3 Å². The van der Waals surface area contributed by atoms with Crippen LogP contribution in [0.15, 0.2) is 66.3 Å². The van der Waals surface area contributed by atoms with Gasteiger partial charge < -0.3 is 10.1 Å². The van der Waals surface area contributed by atoms with Crippen LogP contribution in [-0.2, 0) is 17.9 Å². The molecule has 162 valence electrons. The van der Waals surface area contributed by atoms with Crippen LogP contribution in [0.3, 0.4) is 0 Å². The molecule has 0 saturated heterocycles. The van der Waals surface area contributed by atoms with Crippen LogP contribution in [-0.4, -0.2) is 26.4 Å². The molecule has 0 spiro atoms. The predicted molar refractivity (Wildman–Crippen MR) is 124 cm³/mol. The number of amides is 1. The highest BCUT2D eigenvalue weighted by Crippen LogP contribution is 2.25. The molecule has 0 aliphatic heterocycles. The monoisotopic (exact) mass is 456 g/mol. The molecule has 0 aliphatic carbocycles. The number of thioether (sulfide) groups is 1. The van der Waals surface area contributed by atoms with Gasteiger partial charge in [-0.25, -0.2) is 0 Å². The Kier molecular flexibility index (Phi) is 8.14. The molecule has 0 aliphatic rings. The van der Waals surface area contributed by atoms with Crippen molar-refractivity contribution in [3.05, 3.63) is 83.2 Å². The smallest absolute Gasteiger partial charge is 0.230 e. The number of aromatic nitrogens is 3. The number of carbonyl (C=O) groups excluding carboxylic acids is 1. The van der Waals surface area contributed by atoms with E-state index in [2.05, 4.69) is 22.1 Å². The third-order valence-corrected chi connectivity index (χ3v) is 5.71. The zero-order valence-corrected chi connectivity index (χ0v) is 19.1. The van der Waals surface area contributed by atoms with E-state index in [1.165, 1.54) is 17.3 Å². The first-order valence-electron chi connectivity index (χ1n) is 9.87. The second-order valence-corrected chi connectivity index (χ2v) is 8.38. The number of hydrogen-bond donors (Lipinski definition) is 1. The number of carbonyl (C=O) groups is 1. The van der Waals surface area contributed by atoms with E-state index in [9.17, 15) is 4.79 Å². The molecule has 1 atom stereocenters. The number of nitrogens with zero attached hydrogens (tertiary/aromatic N) is 3. The van der Waals surface area contributed by atoms with Gasteiger partial charge in [0.1, 0.15) is 5.75 Å². The molecule has 0 fully saturated rings. The Bertz CT molecular complexity index is 1020. The SMILES string of the molecule is C=CCn1c(SCC(=O)NCc2ccc(Cl)cc2)nnc1C(C)Oc1ccc(C)cc1. The van der Waals surface area contributed by atoms with Gasteiger partial charge in [0.2, 0.25) is 5.91 Å². The molecule has 2 aromatic carbocycles. The summed E-state index contributed by atoms with van der Waals surface area (Å²) in [6.45, 7) is 8.75. The Morgan fingerprint density at radius 1 is 1.23 bits per heavy atom. The average molecular weight is 457 g/mol. The second-order valence-electron chi connectivity index (χ2n) is 7.01. The van der Waals surface area contributed by atoms with E-state index in [0.29, 0.717) is 29.1 Å². The number of halogens is 1. The summed E-state index contributed by atoms with van der Waals surface area (Å²) >= 11 is 7.22. The molecule has 6 nitrogen and oxygen atoms in total. The lowest BCUT2D eigenvalue weighted by molar-refractivity contribution is -0.118. The summed E-state index contributed by atoms with van der Waals surface area (Å²) in [4.78, 5) is 12.3. The van der Waals surface area contributed by atoms with Gasteiger partial charge in [-0.05, 0) is 43.7 Å². The number of rotatable bonds is 10. The van der Waals surface area contributed by atoms with Gasteiger partial charge in [0.15, 0.2) is 17.1 Å². The highest BCUT2D eigenvalue weighted by atomic mass is 35.5. The highest BCUT2D eigenvalue weighted by molar-refractivity contribution is 7.99. The Labute approximate surface area is 191 Å². The van der Waals surface area contributed by atoms with Crippen molar-refractivity contribution >= 4 is 29.3 Å². The van der Waals surface area contributed by atoms with Gasteiger partial charge in [-0.3, -0.25) is 9.36 Å². The number of allylic oxidation sites excluding steroid dienone is 1. The van der Waals surface area contributed by atoms with E-state index in [0.717, 1.165) is 11.3 Å². The zero-order valence-electron chi connectivity index (χ0n) is 17.5. The van der Waals surface area contributed by atoms with Crippen molar-refractivity contribution in [2.45, 2.75) is 38.2 Å². The summed E-state index contributed by atoms with van der Waals surface area (Å²) in [7, 11) is 0. The van der Waals surface area contributed by atoms with Gasteiger partial charge in [-0.15, -0.1) is 16.8 Å². The third kappa shape index (κ3) is 6.60. The number of hydrogen-bond acceptors (Lipinski definition) is 5. The molecule has 0 bridgehead atoms. The van der Waals surface area contributed by atoms with Crippen LogP contribution >= 0.6 is 23.4 Å². The van der Waals surface area contributed by atoms with Crippen LogP contribution < -0.4 is 10.1 Å². The largest absolute Gasteiger partial charge is 0.483 e. The van der Waals surface area contributed by atoms with Crippen LogP contribution in [0.5, 0.6) is 5.75 Å². The molecular formula is C23H25ClN4O2S. The van der Waals surface area contributed by atoms with E-state index in [1.807, 2.05) is 54.8 Å². The molecule has 1 heterocycles. The van der Waals surface area contributed by atoms with Crippen molar-refractivity contribution in [3.8, 4) is 5.75 Å². The molecule has 1 aromatic heterocycles. The fourth-order valence-electron chi connectivity index (χ4n) is 2.87. The molecule has 0 saturated carbocycles. The Balaban J connectivity index is 1.59. The second kappa shape index (κ2) is 11.0. The van der Waals surface area contributed by atoms with Crippen molar-refractivity contribution < 1.29 is 9.53 Å². The van der Waals surface area contributed by atoms with Crippen molar-refractivity contribution in [1.82, 2.24) is 20.1 Å². The standard InChI is InChI=1S/C23H25ClN4O2S/c1-4-13-28-22(17(3)30-20-11-5-16(2)6-12-20)26-27-23(28)31-15-21(29)25-14-18-7-9-19(24)10-8-18/h4-12,17H,1,13-15H2,2-3H3,(H,25,29). The fraction of sp³-hybridized carbons (Fsp3) is 0.261. The molecule has 1 amide bonds. The lowest BCUT2D eigenvalue weighted by atomic mass is 10.2. The van der Waals surface area contributed by atoms with Gasteiger partial charge in [-0.2, -0.15) is 0 Å². The molecular weight excluding hydrogens is 432 g/mol. The van der Waals surface area contributed by atoms with Gasteiger partial charge >= 0.3 is 0 Å². The number of benzene rings is 2. The van der Waals surface area contributed by atoms with Gasteiger partial charge in [0.05, 0.1) is 5.75 Å². The highest BCUT2D eigenvalue weighted by Gasteiger charge is 2.19. The molecule has 0 radical (unpaired) electrons. The number of ether oxygens (including phenoxy) is 1. The first-order chi connectivity index (χ1) is 15.0. The van der Waals surface area contributed by atoms with Gasteiger partial charge in [0, 0.05) is 18.1 Å². The van der Waals surface area contributed by atoms with E-state index >= 15 is 0 Å². The van der Waals surface area contributed by atoms with Crippen molar-refractivity contribution in [2.24, 2.45) is 0 Å². The van der Waals surface area contributed by atoms with Crippen molar-refractivity contribution in [3.63, 3.8) is 0 Å². The van der Waals surface area contributed by atoms with Crippen LogP contribution in [0.25, 0.3) is 0 Å². The maximum absolute atomic E-state index is 12.3. The fourth-order valence-corrected chi connectivity index (χ4v) is 3.78. The molecule has 31 heavy (non-hydrogen) atoms. The van der Waals surface area contributed by atoms with Crippen LogP contribution in [0.2, 0.25) is 5.02 Å². The zero-order chi connectivity index (χ0) is 22.2. The lowest BCUT2D eigenvalue weighted by Gasteiger charge is -2.16. The Morgan fingerprint density at radius 3 is 2.61 bits per heavy atom. The normalized spacial score (nSPS) is 11.7. The summed E-state index contributed by atoms with van der Waals surface area (Å²) < 4.78 is 7.94. The first-order valence-corrected chi connectivity index (χ1v) is 11.2. The maximum atomic E-state index is 12.3. The van der Waals surface area contributed by atoms with E-state index in [1.54, 1.807) is 18.2 Å². The third-order valence-electron chi connectivity index (χ3n) is 4.49. The van der Waals surface area contributed by atoms with Crippen LogP contribution in [0, 0.1) is 6.92 Å². The molecule has 1 N–H and O–H groups in total. The molecule has 1 unspecified atom stereocenters. The van der Waals surface area contributed by atoms with Gasteiger partial charge in [0.25, 0.3) is 0 Å². The minimum atomic E-state index is -0.303. The predicted octanol–water partition coefficient (Wildman–Crippen LogP) is 4.97. The molecule has 3 aromatic rings. The first kappa shape index (κ1) is 22.9. The lowest BCUT2D eigenvalue weighted by Crippen LogP contribution is -2.24. The van der Waals surface area contributed by atoms with Gasteiger partial charge in [-0.1, -0.05) is 59.3 Å². The number of aryl methyl sites for hydroxylation is 1. The summed E-state index contributed by atoms with van der Waals surface area (Å²) in [5.41, 5.74) is 2.16. The number of nitrogens with one attached hydrogen (secondary N) is 1. The minimum absolute atomic E-state index is 0.0846. The van der Waals surface area contributed by atoms with Crippen molar-refractivity contribution in [2.75, 3.05) is 5.75 Å². The van der Waals surface area contributed by atoms with E-state index in [-0.39, 0.29) is 17.8 Å². The van der Waals surface area contributed by atoms with Crippen LogP contribution in [0.1, 0.15) is 30.0 Å². The van der Waals surface area contributed by atoms with Crippen molar-refractivity contribution in [1.29, 1.82) is 0 Å². The van der Waals surface area contributed by atoms with Crippen LogP contribution in [0.4, 0.5) is 0 Å². The molecule has 3 rings (SSSR count).